The van der Waals surface area contributed by atoms with E-state index >= 15 is 0 Å². The summed E-state index contributed by atoms with van der Waals surface area (Å²) in [6.07, 6.45) is 3.09. The van der Waals surface area contributed by atoms with Gasteiger partial charge in [-0.05, 0) is 78.6 Å². The molecule has 1 aliphatic rings. The van der Waals surface area contributed by atoms with Gasteiger partial charge in [0.05, 0.1) is 12.0 Å². The van der Waals surface area contributed by atoms with E-state index in [0.717, 1.165) is 47.3 Å². The zero-order valence-electron chi connectivity index (χ0n) is 25.8. The van der Waals surface area contributed by atoms with Crippen molar-refractivity contribution in [1.82, 2.24) is 4.72 Å². The molecule has 1 amide bonds. The third-order valence-electron chi connectivity index (χ3n) is 7.95. The number of anilines is 1. The lowest BCUT2D eigenvalue weighted by Gasteiger charge is -2.24. The van der Waals surface area contributed by atoms with E-state index in [1.165, 1.54) is 19.2 Å². The van der Waals surface area contributed by atoms with Crippen molar-refractivity contribution in [1.29, 1.82) is 0 Å². The Morgan fingerprint density at radius 3 is 2.16 bits per heavy atom. The Hall–Kier alpha value is -3.69. The Kier molecular flexibility index (Phi) is 9.97. The first-order valence-electron chi connectivity index (χ1n) is 14.7. The van der Waals surface area contributed by atoms with Gasteiger partial charge in [0.25, 0.3) is 0 Å². The van der Waals surface area contributed by atoms with Crippen LogP contribution >= 0.6 is 0 Å². The van der Waals surface area contributed by atoms with Crippen LogP contribution in [0.15, 0.2) is 71.6 Å². The zero-order chi connectivity index (χ0) is 31.4. The number of methoxy groups -OCH3 is 1. The van der Waals surface area contributed by atoms with Gasteiger partial charge in [-0.25, -0.2) is 8.42 Å². The van der Waals surface area contributed by atoms with Crippen molar-refractivity contribution in [3.63, 3.8) is 0 Å². The van der Waals surface area contributed by atoms with Crippen LogP contribution in [-0.2, 0) is 36.2 Å². The highest BCUT2D eigenvalue weighted by Crippen LogP contribution is 2.42. The van der Waals surface area contributed by atoms with E-state index in [-0.39, 0.29) is 23.3 Å². The van der Waals surface area contributed by atoms with Gasteiger partial charge in [-0.15, -0.1) is 0 Å². The second kappa shape index (κ2) is 13.3. The molecule has 1 heterocycles. The Morgan fingerprint density at radius 1 is 0.953 bits per heavy atom. The first kappa shape index (κ1) is 32.2. The van der Waals surface area contributed by atoms with E-state index in [1.807, 2.05) is 43.3 Å². The lowest BCUT2D eigenvalue weighted by molar-refractivity contribution is -0.143. The van der Waals surface area contributed by atoms with Gasteiger partial charge in [0.2, 0.25) is 15.9 Å². The van der Waals surface area contributed by atoms with E-state index in [9.17, 15) is 18.0 Å². The molecule has 0 bridgehead atoms. The van der Waals surface area contributed by atoms with Crippen molar-refractivity contribution in [2.45, 2.75) is 70.2 Å². The van der Waals surface area contributed by atoms with E-state index < -0.39 is 27.4 Å². The van der Waals surface area contributed by atoms with Crippen molar-refractivity contribution >= 4 is 27.6 Å². The van der Waals surface area contributed by atoms with Crippen molar-refractivity contribution in [3.8, 4) is 16.9 Å². The first-order valence-corrected chi connectivity index (χ1v) is 16.2. The van der Waals surface area contributed by atoms with Gasteiger partial charge in [0, 0.05) is 11.3 Å². The zero-order valence-corrected chi connectivity index (χ0v) is 26.6. The fourth-order valence-electron chi connectivity index (χ4n) is 5.37. The summed E-state index contributed by atoms with van der Waals surface area (Å²) in [5, 5.41) is 3.07. The number of aryl methyl sites for hydroxylation is 1. The number of fused-ring (bicyclic) bond motifs is 1. The minimum Gasteiger partial charge on any atom is -0.492 e. The van der Waals surface area contributed by atoms with Crippen molar-refractivity contribution < 1.29 is 27.5 Å². The molecule has 9 heteroatoms. The highest BCUT2D eigenvalue weighted by molar-refractivity contribution is 7.89. The molecule has 3 aromatic carbocycles. The Labute approximate surface area is 255 Å². The molecule has 0 radical (unpaired) electrons. The van der Waals surface area contributed by atoms with Crippen LogP contribution in [0.1, 0.15) is 58.6 Å². The van der Waals surface area contributed by atoms with Crippen LogP contribution in [0.25, 0.3) is 11.1 Å². The molecule has 0 saturated carbocycles. The van der Waals surface area contributed by atoms with E-state index in [2.05, 4.69) is 30.0 Å². The van der Waals surface area contributed by atoms with Gasteiger partial charge >= 0.3 is 5.97 Å². The van der Waals surface area contributed by atoms with Crippen LogP contribution in [0.3, 0.4) is 0 Å². The van der Waals surface area contributed by atoms with Gasteiger partial charge in [0.1, 0.15) is 23.8 Å². The van der Waals surface area contributed by atoms with Crippen LogP contribution < -0.4 is 14.8 Å². The molecule has 4 rings (SSSR count). The van der Waals surface area contributed by atoms with Crippen molar-refractivity contribution in [2.75, 3.05) is 19.0 Å². The van der Waals surface area contributed by atoms with Crippen LogP contribution in [0.2, 0.25) is 0 Å². The summed E-state index contributed by atoms with van der Waals surface area (Å²) in [5.74, 6) is 0.368. The number of carbonyl (C=O) groups is 2. The number of ether oxygens (including phenoxy) is 2. The molecule has 2 atom stereocenters. The lowest BCUT2D eigenvalue weighted by Crippen LogP contribution is -2.44. The fraction of sp³-hybridized carbons (Fsp3) is 0.412. The molecule has 0 aliphatic carbocycles. The topological polar surface area (TPSA) is 111 Å². The number of nitrogens with one attached hydrogen (secondary N) is 2. The normalized spacial score (nSPS) is 16.9. The summed E-state index contributed by atoms with van der Waals surface area (Å²) < 4.78 is 39.0. The Balaban J connectivity index is 1.46. The maximum Gasteiger partial charge on any atom is 0.324 e. The second-order valence-corrected chi connectivity index (χ2v) is 13.8. The Morgan fingerprint density at radius 2 is 1.58 bits per heavy atom. The van der Waals surface area contributed by atoms with Gasteiger partial charge in [-0.3, -0.25) is 9.59 Å². The quantitative estimate of drug-likeness (QED) is 0.241. The molecule has 8 nitrogen and oxygen atoms in total. The van der Waals surface area contributed by atoms with E-state index in [0.29, 0.717) is 11.6 Å². The molecule has 230 valence electrons. The predicted octanol–water partition coefficient (Wildman–Crippen LogP) is 6.10. The van der Waals surface area contributed by atoms with E-state index in [1.54, 1.807) is 26.0 Å². The molecule has 1 aliphatic heterocycles. The monoisotopic (exact) mass is 606 g/mol. The molecular formula is C34H42N2O6S. The largest absolute Gasteiger partial charge is 0.492 e. The predicted molar refractivity (Wildman–Crippen MR) is 169 cm³/mol. The minimum absolute atomic E-state index is 0.0468. The summed E-state index contributed by atoms with van der Waals surface area (Å²) >= 11 is 0. The molecule has 0 spiro atoms. The third-order valence-corrected chi connectivity index (χ3v) is 9.41. The van der Waals surface area contributed by atoms with Gasteiger partial charge < -0.3 is 14.8 Å². The number of rotatable bonds is 12. The number of hydrogen-bond donors (Lipinski definition) is 2. The Bertz CT molecular complexity index is 1550. The molecule has 0 aromatic heterocycles. The number of hydrogen-bond acceptors (Lipinski definition) is 6. The fourth-order valence-corrected chi connectivity index (χ4v) is 6.70. The molecule has 3 aromatic rings. The number of benzene rings is 3. The highest BCUT2D eigenvalue weighted by atomic mass is 32.2. The van der Waals surface area contributed by atoms with Crippen LogP contribution in [-0.4, -0.2) is 40.1 Å². The smallest absolute Gasteiger partial charge is 0.324 e. The van der Waals surface area contributed by atoms with Crippen LogP contribution in [0.4, 0.5) is 5.69 Å². The lowest BCUT2D eigenvalue weighted by atomic mass is 9.79. The third kappa shape index (κ3) is 7.28. The molecule has 0 saturated heterocycles. The number of sulfonamides is 1. The molecule has 0 fully saturated rings. The molecule has 1 unspecified atom stereocenters. The number of esters is 1. The van der Waals surface area contributed by atoms with Gasteiger partial charge in [-0.2, -0.15) is 4.72 Å². The molecule has 43 heavy (non-hydrogen) atoms. The van der Waals surface area contributed by atoms with Crippen molar-refractivity contribution in [3.05, 3.63) is 77.9 Å². The van der Waals surface area contributed by atoms with Crippen molar-refractivity contribution in [2.24, 2.45) is 11.8 Å². The number of amides is 1. The first-order chi connectivity index (χ1) is 20.4. The van der Waals surface area contributed by atoms with Crippen LogP contribution in [0.5, 0.6) is 5.75 Å². The standard InChI is InChI=1S/C34H42N2O6S/c1-22(2)9-7-10-26-11-8-12-29-30(26)34(5,21-42-29)33(38)35-27-17-13-24(14-18-27)25-15-19-28(20-16-25)43(39,40)36-31(23(3)4)32(37)41-6/h8,11-20,22-23,31,36H,7,9-10,21H2,1-6H3,(H,35,38)/t31-,34?/m0/s1. The van der Waals surface area contributed by atoms with E-state index in [4.69, 9.17) is 9.47 Å². The summed E-state index contributed by atoms with van der Waals surface area (Å²) in [4.78, 5) is 25.7. The summed E-state index contributed by atoms with van der Waals surface area (Å²) in [5.41, 5.74) is 3.66. The summed E-state index contributed by atoms with van der Waals surface area (Å²) in [6, 6.07) is 18.9. The number of carbonyl (C=O) groups excluding carboxylic acids is 2. The highest BCUT2D eigenvalue weighted by Gasteiger charge is 2.44. The second-order valence-electron chi connectivity index (χ2n) is 12.1. The maximum atomic E-state index is 13.6. The molecular weight excluding hydrogens is 564 g/mol. The van der Waals surface area contributed by atoms with Gasteiger partial charge in [0.15, 0.2) is 0 Å². The maximum absolute atomic E-state index is 13.6. The molecule has 2 N–H and O–H groups in total. The summed E-state index contributed by atoms with van der Waals surface area (Å²) in [6.45, 7) is 10.1. The average Bonchev–Trinajstić information content (AvgIpc) is 3.34. The minimum atomic E-state index is -3.94. The SMILES string of the molecule is COC(=O)[C@@H](NS(=O)(=O)c1ccc(-c2ccc(NC(=O)C3(C)COc4cccc(CCCC(C)C)c43)cc2)cc1)C(C)C. The summed E-state index contributed by atoms with van der Waals surface area (Å²) in [7, 11) is -2.71. The van der Waals surface area contributed by atoms with Gasteiger partial charge in [-0.1, -0.05) is 70.5 Å². The van der Waals surface area contributed by atoms with Crippen LogP contribution in [0, 0.1) is 11.8 Å². The average molecular weight is 607 g/mol.